The first-order chi connectivity index (χ1) is 8.75. The van der Waals surface area contributed by atoms with E-state index >= 15 is 0 Å². The molecule has 0 bridgehead atoms. The van der Waals surface area contributed by atoms with Gasteiger partial charge in [0, 0.05) is 31.7 Å². The highest BCUT2D eigenvalue weighted by molar-refractivity contribution is 5.85. The Morgan fingerprint density at radius 1 is 1.37 bits per heavy atom. The van der Waals surface area contributed by atoms with E-state index in [4.69, 9.17) is 4.74 Å². The van der Waals surface area contributed by atoms with Crippen LogP contribution in [0, 0.1) is 5.92 Å². The van der Waals surface area contributed by atoms with Crippen LogP contribution in [-0.2, 0) is 9.53 Å². The van der Waals surface area contributed by atoms with Crippen molar-refractivity contribution in [2.75, 3.05) is 19.8 Å². The van der Waals surface area contributed by atoms with Crippen LogP contribution in [0.15, 0.2) is 0 Å². The second-order valence-electron chi connectivity index (χ2n) is 5.64. The normalized spacial score (nSPS) is 25.6. The minimum atomic E-state index is 0. The van der Waals surface area contributed by atoms with Crippen molar-refractivity contribution >= 4 is 18.3 Å². The fourth-order valence-electron chi connectivity index (χ4n) is 2.97. The molecule has 2 saturated heterocycles. The van der Waals surface area contributed by atoms with Crippen LogP contribution >= 0.6 is 12.4 Å². The molecule has 2 atom stereocenters. The monoisotopic (exact) mass is 290 g/mol. The predicted octanol–water partition coefficient (Wildman–Crippen LogP) is 1.87. The molecule has 4 nitrogen and oxygen atoms in total. The van der Waals surface area contributed by atoms with Gasteiger partial charge < -0.3 is 15.4 Å². The number of carbonyl (C=O) groups is 1. The molecule has 0 aromatic heterocycles. The molecule has 2 heterocycles. The van der Waals surface area contributed by atoms with Gasteiger partial charge in [-0.15, -0.1) is 12.4 Å². The largest absolute Gasteiger partial charge is 0.381 e. The van der Waals surface area contributed by atoms with Gasteiger partial charge in [0.2, 0.25) is 5.91 Å². The molecule has 2 unspecified atom stereocenters. The summed E-state index contributed by atoms with van der Waals surface area (Å²) in [6.07, 6.45) is 6.27. The van der Waals surface area contributed by atoms with Crippen molar-refractivity contribution in [2.45, 2.75) is 57.5 Å². The fraction of sp³-hybridized carbons (Fsp3) is 0.929. The molecule has 2 aliphatic heterocycles. The van der Waals surface area contributed by atoms with Gasteiger partial charge in [-0.3, -0.25) is 4.79 Å². The number of carbonyl (C=O) groups excluding carboxylic acids is 1. The maximum Gasteiger partial charge on any atom is 0.220 e. The lowest BCUT2D eigenvalue weighted by Gasteiger charge is -2.28. The molecule has 2 fully saturated rings. The molecule has 112 valence electrons. The number of hydrogen-bond acceptors (Lipinski definition) is 3. The number of halogens is 1. The molecule has 1 amide bonds. The summed E-state index contributed by atoms with van der Waals surface area (Å²) < 4.78 is 5.35. The van der Waals surface area contributed by atoms with Gasteiger partial charge in [0.25, 0.3) is 0 Å². The molecule has 5 heteroatoms. The molecular weight excluding hydrogens is 264 g/mol. The van der Waals surface area contributed by atoms with Crippen molar-refractivity contribution in [3.63, 3.8) is 0 Å². The highest BCUT2D eigenvalue weighted by atomic mass is 35.5. The Morgan fingerprint density at radius 3 is 2.74 bits per heavy atom. The number of ether oxygens (including phenoxy) is 1. The third-order valence-corrected chi connectivity index (χ3v) is 4.24. The van der Waals surface area contributed by atoms with E-state index in [0.717, 1.165) is 39.0 Å². The first kappa shape index (κ1) is 16.7. The van der Waals surface area contributed by atoms with Crippen LogP contribution in [0.1, 0.15) is 45.4 Å². The summed E-state index contributed by atoms with van der Waals surface area (Å²) in [7, 11) is 0. The second kappa shape index (κ2) is 8.77. The topological polar surface area (TPSA) is 50.4 Å². The van der Waals surface area contributed by atoms with Crippen molar-refractivity contribution < 1.29 is 9.53 Å². The molecule has 0 aliphatic carbocycles. The van der Waals surface area contributed by atoms with Crippen molar-refractivity contribution in [1.29, 1.82) is 0 Å². The van der Waals surface area contributed by atoms with Crippen molar-refractivity contribution in [2.24, 2.45) is 5.92 Å². The third kappa shape index (κ3) is 5.67. The zero-order valence-corrected chi connectivity index (χ0v) is 12.6. The van der Waals surface area contributed by atoms with Gasteiger partial charge in [-0.05, 0) is 51.5 Å². The lowest BCUT2D eigenvalue weighted by atomic mass is 9.93. The average molecular weight is 291 g/mol. The van der Waals surface area contributed by atoms with E-state index in [1.54, 1.807) is 0 Å². The minimum Gasteiger partial charge on any atom is -0.381 e. The van der Waals surface area contributed by atoms with Crippen LogP contribution in [0.3, 0.4) is 0 Å². The SMILES string of the molecule is CC(NC(=O)CCC1CCCN1)C1CCOCC1.Cl. The smallest absolute Gasteiger partial charge is 0.220 e. The summed E-state index contributed by atoms with van der Waals surface area (Å²) in [5, 5.41) is 6.58. The van der Waals surface area contributed by atoms with Crippen molar-refractivity contribution in [3.8, 4) is 0 Å². The van der Waals surface area contributed by atoms with Crippen LogP contribution in [0.5, 0.6) is 0 Å². The Morgan fingerprint density at radius 2 is 2.11 bits per heavy atom. The zero-order chi connectivity index (χ0) is 12.8. The van der Waals surface area contributed by atoms with Gasteiger partial charge in [0.15, 0.2) is 0 Å². The summed E-state index contributed by atoms with van der Waals surface area (Å²) in [4.78, 5) is 11.9. The summed E-state index contributed by atoms with van der Waals surface area (Å²) >= 11 is 0. The molecule has 0 saturated carbocycles. The number of nitrogens with one attached hydrogen (secondary N) is 2. The minimum absolute atomic E-state index is 0. The van der Waals surface area contributed by atoms with Crippen LogP contribution in [0.25, 0.3) is 0 Å². The molecule has 0 radical (unpaired) electrons. The molecular formula is C14H27ClN2O2. The zero-order valence-electron chi connectivity index (χ0n) is 11.8. The fourth-order valence-corrected chi connectivity index (χ4v) is 2.97. The van der Waals surface area contributed by atoms with E-state index in [1.165, 1.54) is 12.8 Å². The van der Waals surface area contributed by atoms with Crippen LogP contribution in [0.2, 0.25) is 0 Å². The number of amides is 1. The number of hydrogen-bond donors (Lipinski definition) is 2. The molecule has 0 aromatic rings. The standard InChI is InChI=1S/C14H26N2O2.ClH/c1-11(12-6-9-18-10-7-12)16-14(17)5-4-13-3-2-8-15-13;/h11-13,15H,2-10H2,1H3,(H,16,17);1H. The third-order valence-electron chi connectivity index (χ3n) is 4.24. The maximum absolute atomic E-state index is 11.9. The van der Waals surface area contributed by atoms with Gasteiger partial charge in [0.1, 0.15) is 0 Å². The summed E-state index contributed by atoms with van der Waals surface area (Å²) in [5.74, 6) is 0.801. The lowest BCUT2D eigenvalue weighted by Crippen LogP contribution is -2.40. The Labute approximate surface area is 122 Å². The molecule has 2 N–H and O–H groups in total. The molecule has 2 aliphatic rings. The molecule has 2 rings (SSSR count). The maximum atomic E-state index is 11.9. The van der Waals surface area contributed by atoms with E-state index in [1.807, 2.05) is 0 Å². The van der Waals surface area contributed by atoms with Gasteiger partial charge in [-0.25, -0.2) is 0 Å². The van der Waals surface area contributed by atoms with Crippen LogP contribution in [-0.4, -0.2) is 37.7 Å². The van der Waals surface area contributed by atoms with Gasteiger partial charge in [0.05, 0.1) is 0 Å². The van der Waals surface area contributed by atoms with Gasteiger partial charge >= 0.3 is 0 Å². The Balaban J connectivity index is 0.00000180. The Kier molecular flexibility index (Phi) is 7.73. The first-order valence-electron chi connectivity index (χ1n) is 7.36. The highest BCUT2D eigenvalue weighted by Crippen LogP contribution is 2.18. The Hall–Kier alpha value is -0.320. The van der Waals surface area contributed by atoms with Crippen LogP contribution in [0.4, 0.5) is 0 Å². The van der Waals surface area contributed by atoms with E-state index in [9.17, 15) is 4.79 Å². The quantitative estimate of drug-likeness (QED) is 0.813. The van der Waals surface area contributed by atoms with Crippen molar-refractivity contribution in [1.82, 2.24) is 10.6 Å². The Bertz CT molecular complexity index is 264. The predicted molar refractivity (Wildman–Crippen MR) is 78.7 cm³/mol. The van der Waals surface area contributed by atoms with E-state index in [0.29, 0.717) is 18.4 Å². The van der Waals surface area contributed by atoms with Crippen LogP contribution < -0.4 is 10.6 Å². The summed E-state index contributed by atoms with van der Waals surface area (Å²) in [6.45, 7) is 4.93. The second-order valence-corrected chi connectivity index (χ2v) is 5.64. The summed E-state index contributed by atoms with van der Waals surface area (Å²) in [6, 6.07) is 0.854. The summed E-state index contributed by atoms with van der Waals surface area (Å²) in [5.41, 5.74) is 0. The van der Waals surface area contributed by atoms with E-state index < -0.39 is 0 Å². The average Bonchev–Trinajstić information content (AvgIpc) is 2.90. The van der Waals surface area contributed by atoms with E-state index in [-0.39, 0.29) is 24.4 Å². The van der Waals surface area contributed by atoms with Gasteiger partial charge in [-0.1, -0.05) is 0 Å². The molecule has 0 aromatic carbocycles. The molecule has 19 heavy (non-hydrogen) atoms. The number of rotatable bonds is 5. The molecule has 0 spiro atoms. The van der Waals surface area contributed by atoms with E-state index in [2.05, 4.69) is 17.6 Å². The highest BCUT2D eigenvalue weighted by Gasteiger charge is 2.22. The lowest BCUT2D eigenvalue weighted by molar-refractivity contribution is -0.122. The van der Waals surface area contributed by atoms with Crippen molar-refractivity contribution in [3.05, 3.63) is 0 Å². The van der Waals surface area contributed by atoms with Gasteiger partial charge in [-0.2, -0.15) is 0 Å². The first-order valence-corrected chi connectivity index (χ1v) is 7.36.